The lowest BCUT2D eigenvalue weighted by atomic mass is 10.1. The van der Waals surface area contributed by atoms with E-state index in [1.807, 2.05) is 50.2 Å². The van der Waals surface area contributed by atoms with E-state index in [1.165, 1.54) is 9.96 Å². The zero-order valence-electron chi connectivity index (χ0n) is 15.5. The second kappa shape index (κ2) is 6.39. The summed E-state index contributed by atoms with van der Waals surface area (Å²) < 4.78 is 3.19. The van der Waals surface area contributed by atoms with Crippen molar-refractivity contribution >= 4 is 22.6 Å². The summed E-state index contributed by atoms with van der Waals surface area (Å²) in [6.07, 6.45) is 1.70. The first-order valence-electron chi connectivity index (χ1n) is 8.77. The van der Waals surface area contributed by atoms with Gasteiger partial charge in [0.05, 0.1) is 5.39 Å². The highest BCUT2D eigenvalue weighted by Crippen LogP contribution is 2.16. The van der Waals surface area contributed by atoms with Gasteiger partial charge in [-0.1, -0.05) is 35.9 Å². The van der Waals surface area contributed by atoms with Gasteiger partial charge in [0.2, 0.25) is 0 Å². The van der Waals surface area contributed by atoms with Gasteiger partial charge in [0.25, 0.3) is 11.5 Å². The molecule has 0 unspecified atom stereocenters. The van der Waals surface area contributed by atoms with E-state index >= 15 is 0 Å². The molecule has 0 spiro atoms. The minimum atomic E-state index is -0.235. The number of carbonyl (C=O) groups is 1. The number of fused-ring (bicyclic) bond motifs is 2. The second-order valence-corrected chi connectivity index (χ2v) is 6.80. The predicted octanol–water partition coefficient (Wildman–Crippen LogP) is 2.73. The first-order valence-corrected chi connectivity index (χ1v) is 8.77. The predicted molar refractivity (Wildman–Crippen MR) is 105 cm³/mol. The molecule has 1 aromatic carbocycles. The Morgan fingerprint density at radius 3 is 2.59 bits per heavy atom. The number of amides is 1. The van der Waals surface area contributed by atoms with E-state index in [9.17, 15) is 9.59 Å². The monoisotopic (exact) mass is 360 g/mol. The fraction of sp³-hybridized carbons (Fsp3) is 0.190. The number of rotatable bonds is 3. The lowest BCUT2D eigenvalue weighted by Gasteiger charge is -2.07. The van der Waals surface area contributed by atoms with Crippen LogP contribution in [0, 0.1) is 13.8 Å². The smallest absolute Gasteiger partial charge is 0.268 e. The van der Waals surface area contributed by atoms with Gasteiger partial charge in [-0.25, -0.2) is 4.98 Å². The lowest BCUT2D eigenvalue weighted by Crippen LogP contribution is -2.24. The summed E-state index contributed by atoms with van der Waals surface area (Å²) in [7, 11) is 1.75. The molecule has 1 N–H and O–H groups in total. The first kappa shape index (κ1) is 17.0. The highest BCUT2D eigenvalue weighted by Gasteiger charge is 2.18. The molecule has 6 nitrogen and oxygen atoms in total. The van der Waals surface area contributed by atoms with Gasteiger partial charge in [-0.3, -0.25) is 14.0 Å². The summed E-state index contributed by atoms with van der Waals surface area (Å²) in [6, 6.07) is 13.3. The van der Waals surface area contributed by atoms with Crippen molar-refractivity contribution in [1.82, 2.24) is 19.3 Å². The molecule has 0 saturated heterocycles. The van der Waals surface area contributed by atoms with E-state index in [4.69, 9.17) is 0 Å². The van der Waals surface area contributed by atoms with Gasteiger partial charge in [-0.05, 0) is 37.1 Å². The lowest BCUT2D eigenvalue weighted by molar-refractivity contribution is 0.0943. The Balaban J connectivity index is 1.72. The Bertz CT molecular complexity index is 1230. The van der Waals surface area contributed by atoms with Gasteiger partial charge in [0.15, 0.2) is 0 Å². The number of hydrogen-bond acceptors (Lipinski definition) is 3. The Hall–Kier alpha value is -3.41. The van der Waals surface area contributed by atoms with Crippen LogP contribution in [0.4, 0.5) is 0 Å². The van der Waals surface area contributed by atoms with Crippen LogP contribution in [0.1, 0.15) is 27.2 Å². The average molecular weight is 360 g/mol. The number of carbonyl (C=O) groups excluding carboxylic acids is 1. The molecular weight excluding hydrogens is 340 g/mol. The van der Waals surface area contributed by atoms with Crippen LogP contribution in [0.5, 0.6) is 0 Å². The number of aromatic nitrogens is 3. The van der Waals surface area contributed by atoms with Gasteiger partial charge in [0, 0.05) is 19.8 Å². The minimum absolute atomic E-state index is 0.174. The summed E-state index contributed by atoms with van der Waals surface area (Å²) in [4.78, 5) is 30.1. The van der Waals surface area contributed by atoms with E-state index in [0.29, 0.717) is 28.9 Å². The standard InChI is InChI=1S/C21H20N4O2/c1-13-6-8-15(9-7-13)12-22-20(26)17-11-16-19(24(17)3)23-18-14(2)5-4-10-25(18)21(16)27/h4-11H,12H2,1-3H3,(H,22,26). The van der Waals surface area contributed by atoms with Crippen LogP contribution in [0.2, 0.25) is 0 Å². The van der Waals surface area contributed by atoms with Crippen molar-refractivity contribution in [3.63, 3.8) is 0 Å². The molecule has 3 aromatic heterocycles. The van der Waals surface area contributed by atoms with E-state index in [2.05, 4.69) is 10.3 Å². The molecule has 3 heterocycles. The molecule has 0 saturated carbocycles. The number of hydrogen-bond donors (Lipinski definition) is 1. The molecule has 0 bridgehead atoms. The van der Waals surface area contributed by atoms with Crippen LogP contribution in [0.3, 0.4) is 0 Å². The van der Waals surface area contributed by atoms with Crippen LogP contribution >= 0.6 is 0 Å². The Morgan fingerprint density at radius 1 is 1.11 bits per heavy atom. The van der Waals surface area contributed by atoms with Crippen LogP contribution < -0.4 is 10.9 Å². The van der Waals surface area contributed by atoms with E-state index < -0.39 is 0 Å². The molecule has 0 aliphatic carbocycles. The van der Waals surface area contributed by atoms with E-state index in [0.717, 1.165) is 11.1 Å². The maximum absolute atomic E-state index is 12.8. The Kier molecular flexibility index (Phi) is 4.03. The summed E-state index contributed by atoms with van der Waals surface area (Å²) in [5.74, 6) is -0.235. The van der Waals surface area contributed by atoms with Gasteiger partial charge in [-0.2, -0.15) is 0 Å². The maximum atomic E-state index is 12.8. The molecule has 0 aliphatic heterocycles. The number of benzene rings is 1. The van der Waals surface area contributed by atoms with Gasteiger partial charge < -0.3 is 9.88 Å². The molecule has 1 amide bonds. The molecule has 27 heavy (non-hydrogen) atoms. The van der Waals surface area contributed by atoms with Gasteiger partial charge >= 0.3 is 0 Å². The fourth-order valence-electron chi connectivity index (χ4n) is 3.23. The van der Waals surface area contributed by atoms with Crippen molar-refractivity contribution in [2.24, 2.45) is 7.05 Å². The average Bonchev–Trinajstić information content (AvgIpc) is 2.99. The molecule has 0 radical (unpaired) electrons. The first-order chi connectivity index (χ1) is 13.0. The number of aryl methyl sites for hydroxylation is 3. The summed E-state index contributed by atoms with van der Waals surface area (Å²) in [5.41, 5.74) is 4.45. The van der Waals surface area contributed by atoms with Crippen LogP contribution in [0.25, 0.3) is 16.7 Å². The molecule has 4 rings (SSSR count). The SMILES string of the molecule is Cc1ccc(CNC(=O)c2cc3c(=O)n4cccc(C)c4nc3n2C)cc1. The van der Waals surface area contributed by atoms with E-state index in [1.54, 1.807) is 23.9 Å². The largest absolute Gasteiger partial charge is 0.347 e. The maximum Gasteiger partial charge on any atom is 0.268 e. The third kappa shape index (κ3) is 2.89. The summed E-state index contributed by atoms with van der Waals surface area (Å²) >= 11 is 0. The fourth-order valence-corrected chi connectivity index (χ4v) is 3.23. The van der Waals surface area contributed by atoms with E-state index in [-0.39, 0.29) is 11.5 Å². The minimum Gasteiger partial charge on any atom is -0.347 e. The van der Waals surface area contributed by atoms with Crippen LogP contribution in [0.15, 0.2) is 53.5 Å². The topological polar surface area (TPSA) is 68.4 Å². The molecular formula is C21H20N4O2. The number of nitrogens with one attached hydrogen (secondary N) is 1. The zero-order valence-corrected chi connectivity index (χ0v) is 15.5. The van der Waals surface area contributed by atoms with Crippen molar-refractivity contribution in [2.45, 2.75) is 20.4 Å². The quantitative estimate of drug-likeness (QED) is 0.611. The van der Waals surface area contributed by atoms with Crippen molar-refractivity contribution in [2.75, 3.05) is 0 Å². The summed E-state index contributed by atoms with van der Waals surface area (Å²) in [5, 5.41) is 3.34. The molecule has 0 aliphatic rings. The highest BCUT2D eigenvalue weighted by atomic mass is 16.2. The molecule has 136 valence electrons. The molecule has 6 heteroatoms. The number of nitrogens with zero attached hydrogens (tertiary/aromatic N) is 3. The van der Waals surface area contributed by atoms with Crippen molar-refractivity contribution in [1.29, 1.82) is 0 Å². The van der Waals surface area contributed by atoms with Crippen LogP contribution in [-0.2, 0) is 13.6 Å². The molecule has 0 fully saturated rings. The highest BCUT2D eigenvalue weighted by molar-refractivity contribution is 5.98. The molecule has 0 atom stereocenters. The van der Waals surface area contributed by atoms with Crippen molar-refractivity contribution in [3.05, 3.63) is 81.4 Å². The van der Waals surface area contributed by atoms with Crippen molar-refractivity contribution < 1.29 is 4.79 Å². The van der Waals surface area contributed by atoms with Gasteiger partial charge in [-0.15, -0.1) is 0 Å². The third-order valence-electron chi connectivity index (χ3n) is 4.83. The van der Waals surface area contributed by atoms with Crippen LogP contribution in [-0.4, -0.2) is 19.9 Å². The normalized spacial score (nSPS) is 11.2. The second-order valence-electron chi connectivity index (χ2n) is 6.80. The Morgan fingerprint density at radius 2 is 1.85 bits per heavy atom. The third-order valence-corrected chi connectivity index (χ3v) is 4.83. The number of pyridine rings is 1. The van der Waals surface area contributed by atoms with Gasteiger partial charge in [0.1, 0.15) is 17.0 Å². The Labute approximate surface area is 156 Å². The summed E-state index contributed by atoms with van der Waals surface area (Å²) in [6.45, 7) is 4.36. The van der Waals surface area contributed by atoms with Crippen molar-refractivity contribution in [3.8, 4) is 0 Å². The molecule has 4 aromatic rings. The zero-order chi connectivity index (χ0) is 19.1.